The minimum atomic E-state index is -0.0307. The van der Waals surface area contributed by atoms with Gasteiger partial charge in [0.1, 0.15) is 23.0 Å². The Labute approximate surface area is 293 Å². The van der Waals surface area contributed by atoms with Crippen LogP contribution < -0.4 is 9.64 Å². The zero-order valence-corrected chi connectivity index (χ0v) is 27.5. The highest BCUT2D eigenvalue weighted by Gasteiger charge is 2.47. The largest absolute Gasteiger partial charge is 0.483 e. The molecule has 0 amide bonds. The van der Waals surface area contributed by atoms with Crippen molar-refractivity contribution >= 4 is 65.6 Å². The highest BCUT2D eigenvalue weighted by atomic mass is 16.5. The summed E-state index contributed by atoms with van der Waals surface area (Å²) in [6.07, 6.45) is -0.0307. The number of fused-ring (bicyclic) bond motifs is 8. The monoisotopic (exact) mass is 651 g/mol. The molecule has 3 nitrogen and oxygen atoms in total. The smallest absolute Gasteiger partial charge is 0.151 e. The van der Waals surface area contributed by atoms with Crippen molar-refractivity contribution in [3.63, 3.8) is 0 Å². The van der Waals surface area contributed by atoms with Gasteiger partial charge in [0.05, 0.1) is 0 Å². The number of rotatable bonds is 3. The molecule has 0 aliphatic carbocycles. The van der Waals surface area contributed by atoms with E-state index in [0.29, 0.717) is 0 Å². The second-order valence-corrected chi connectivity index (χ2v) is 13.9. The van der Waals surface area contributed by atoms with Crippen LogP contribution in [0, 0.1) is 0 Å². The van der Waals surface area contributed by atoms with E-state index < -0.39 is 0 Å². The van der Waals surface area contributed by atoms with Gasteiger partial charge in [0.15, 0.2) is 6.10 Å². The van der Waals surface area contributed by atoms with Crippen LogP contribution in [0.2, 0.25) is 0 Å². The first kappa shape index (κ1) is 27.3. The van der Waals surface area contributed by atoms with Crippen LogP contribution in [0.15, 0.2) is 168 Å². The topological polar surface area (TPSA) is 25.6 Å². The second kappa shape index (κ2) is 9.99. The van der Waals surface area contributed by atoms with E-state index in [0.717, 1.165) is 22.3 Å². The van der Waals surface area contributed by atoms with Crippen LogP contribution in [-0.4, -0.2) is 0 Å². The first-order valence-corrected chi connectivity index (χ1v) is 17.7. The molecule has 0 N–H and O–H groups in total. The van der Waals surface area contributed by atoms with E-state index >= 15 is 0 Å². The first-order valence-electron chi connectivity index (χ1n) is 17.7. The molecule has 3 heteroatoms. The fourth-order valence-corrected chi connectivity index (χ4v) is 9.21. The van der Waals surface area contributed by atoms with Crippen molar-refractivity contribution in [1.29, 1.82) is 0 Å². The Morgan fingerprint density at radius 2 is 1.14 bits per heavy atom. The summed E-state index contributed by atoms with van der Waals surface area (Å²) in [6, 6.07) is 59.5. The van der Waals surface area contributed by atoms with E-state index in [1.54, 1.807) is 0 Å². The molecule has 51 heavy (non-hydrogen) atoms. The number of para-hydroxylation sites is 3. The number of furan rings is 1. The third-order valence-electron chi connectivity index (χ3n) is 11.4. The summed E-state index contributed by atoms with van der Waals surface area (Å²) in [5, 5.41) is 9.96. The SMILES string of the molecule is c1cc(-c2ccc3ccc4c(-c5cccc6oc7ccccc7c56)ccc5ccc2c3c54)cc(N2c3ccccc3C3Oc4ccccc4C32)c1. The third kappa shape index (κ3) is 3.67. The number of benzene rings is 9. The van der Waals surface area contributed by atoms with Crippen molar-refractivity contribution in [2.75, 3.05) is 4.90 Å². The summed E-state index contributed by atoms with van der Waals surface area (Å²) >= 11 is 0. The van der Waals surface area contributed by atoms with Crippen LogP contribution >= 0.6 is 0 Å². The maximum Gasteiger partial charge on any atom is 0.151 e. The van der Waals surface area contributed by atoms with Gasteiger partial charge in [0.25, 0.3) is 0 Å². The molecule has 3 heterocycles. The third-order valence-corrected chi connectivity index (χ3v) is 11.4. The van der Waals surface area contributed by atoms with Crippen LogP contribution in [0.25, 0.3) is 76.5 Å². The molecule has 2 aliphatic heterocycles. The number of nitrogens with zero attached hydrogens (tertiary/aromatic N) is 1. The Morgan fingerprint density at radius 3 is 2.02 bits per heavy atom. The average molecular weight is 652 g/mol. The van der Waals surface area contributed by atoms with E-state index in [4.69, 9.17) is 9.15 Å². The first-order chi connectivity index (χ1) is 25.3. The van der Waals surface area contributed by atoms with Gasteiger partial charge >= 0.3 is 0 Å². The lowest BCUT2D eigenvalue weighted by atomic mass is 9.86. The quantitative estimate of drug-likeness (QED) is 0.178. The Hall–Kier alpha value is -6.58. The standard InChI is InChI=1S/C48H29NO2/c1-4-15-40-37(11-1)48-47(39-13-3-6-17-42(39)51-48)49(40)31-10-7-9-30(27-31)32-23-19-28-22-26-36-33(24-20-29-21-25-35(32)44(28)45(29)36)34-14-8-18-43-46(34)38-12-2-5-16-41(38)50-43/h1-27,47-48H. The van der Waals surface area contributed by atoms with Gasteiger partial charge < -0.3 is 14.1 Å². The lowest BCUT2D eigenvalue weighted by Crippen LogP contribution is -2.20. The fourth-order valence-electron chi connectivity index (χ4n) is 9.21. The van der Waals surface area contributed by atoms with Crippen molar-refractivity contribution in [1.82, 2.24) is 0 Å². The van der Waals surface area contributed by atoms with Crippen molar-refractivity contribution in [2.45, 2.75) is 12.1 Å². The number of hydrogen-bond acceptors (Lipinski definition) is 3. The van der Waals surface area contributed by atoms with E-state index in [2.05, 4.69) is 163 Å². The zero-order chi connectivity index (χ0) is 33.2. The van der Waals surface area contributed by atoms with Gasteiger partial charge in [-0.05, 0) is 91.0 Å². The van der Waals surface area contributed by atoms with E-state index in [1.165, 1.54) is 82.5 Å². The molecule has 2 atom stereocenters. The van der Waals surface area contributed by atoms with E-state index in [9.17, 15) is 0 Å². The second-order valence-electron chi connectivity index (χ2n) is 13.9. The summed E-state index contributed by atoms with van der Waals surface area (Å²) in [4.78, 5) is 2.48. The molecular weight excluding hydrogens is 623 g/mol. The molecule has 2 aliphatic rings. The molecule has 10 aromatic rings. The Kier molecular flexibility index (Phi) is 5.34. The molecule has 0 fully saturated rings. The van der Waals surface area contributed by atoms with Gasteiger partial charge in [-0.1, -0.05) is 127 Å². The van der Waals surface area contributed by atoms with Crippen LogP contribution in [0.5, 0.6) is 5.75 Å². The molecule has 0 radical (unpaired) electrons. The van der Waals surface area contributed by atoms with Gasteiger partial charge in [-0.2, -0.15) is 0 Å². The van der Waals surface area contributed by atoms with Crippen LogP contribution in [0.1, 0.15) is 23.3 Å². The van der Waals surface area contributed by atoms with Gasteiger partial charge in [-0.15, -0.1) is 0 Å². The Bertz CT molecular complexity index is 3040. The molecule has 0 saturated heterocycles. The van der Waals surface area contributed by atoms with Crippen molar-refractivity contribution in [3.8, 4) is 28.0 Å². The highest BCUT2D eigenvalue weighted by molar-refractivity contribution is 6.28. The normalized spacial score (nSPS) is 16.4. The average Bonchev–Trinajstić information content (AvgIpc) is 3.86. The summed E-state index contributed by atoms with van der Waals surface area (Å²) in [7, 11) is 0. The van der Waals surface area contributed by atoms with Gasteiger partial charge in [-0.3, -0.25) is 0 Å². The maximum absolute atomic E-state index is 6.58. The molecule has 9 aromatic carbocycles. The Balaban J connectivity index is 1.05. The van der Waals surface area contributed by atoms with Crippen LogP contribution in [0.3, 0.4) is 0 Å². The summed E-state index contributed by atoms with van der Waals surface area (Å²) in [6.45, 7) is 0. The molecule has 238 valence electrons. The van der Waals surface area contributed by atoms with E-state index in [-0.39, 0.29) is 12.1 Å². The Morgan fingerprint density at radius 1 is 0.451 bits per heavy atom. The van der Waals surface area contributed by atoms with Crippen molar-refractivity contribution in [3.05, 3.63) is 175 Å². The minimum Gasteiger partial charge on any atom is -0.483 e. The summed E-state index contributed by atoms with van der Waals surface area (Å²) < 4.78 is 12.9. The highest BCUT2D eigenvalue weighted by Crippen LogP contribution is 2.58. The van der Waals surface area contributed by atoms with Crippen LogP contribution in [0.4, 0.5) is 11.4 Å². The molecule has 1 aromatic heterocycles. The molecule has 2 unspecified atom stereocenters. The predicted octanol–water partition coefficient (Wildman–Crippen LogP) is 13.1. The number of hydrogen-bond donors (Lipinski definition) is 0. The van der Waals surface area contributed by atoms with Gasteiger partial charge in [0.2, 0.25) is 0 Å². The predicted molar refractivity (Wildman–Crippen MR) is 209 cm³/mol. The van der Waals surface area contributed by atoms with Gasteiger partial charge in [-0.25, -0.2) is 0 Å². The molecular formula is C48H29NO2. The van der Waals surface area contributed by atoms with Crippen molar-refractivity contribution < 1.29 is 9.15 Å². The summed E-state index contributed by atoms with van der Waals surface area (Å²) in [5.74, 6) is 0.978. The maximum atomic E-state index is 6.58. The summed E-state index contributed by atoms with van der Waals surface area (Å²) in [5.41, 5.74) is 11.6. The van der Waals surface area contributed by atoms with E-state index in [1.807, 2.05) is 6.07 Å². The lowest BCUT2D eigenvalue weighted by Gasteiger charge is -2.27. The minimum absolute atomic E-state index is 0.0307. The molecule has 0 bridgehead atoms. The van der Waals surface area contributed by atoms with Crippen molar-refractivity contribution in [2.24, 2.45) is 0 Å². The van der Waals surface area contributed by atoms with Crippen LogP contribution in [-0.2, 0) is 0 Å². The number of ether oxygens (including phenoxy) is 1. The molecule has 0 saturated carbocycles. The fraction of sp³-hybridized carbons (Fsp3) is 0.0417. The number of anilines is 2. The molecule has 0 spiro atoms. The zero-order valence-electron chi connectivity index (χ0n) is 27.5. The molecule has 12 rings (SSSR count). The lowest BCUT2D eigenvalue weighted by molar-refractivity contribution is 0.223. The van der Waals surface area contributed by atoms with Gasteiger partial charge in [0, 0.05) is 33.3 Å².